The molecule has 2 fully saturated rings. The van der Waals surface area contributed by atoms with Crippen LogP contribution in [0.25, 0.3) is 0 Å². The standard InChI is InChI=1S/C29H38FN5O3/c1-4-5-9-21(2)18-33-19-26-34(25(28(33)37)16-22-10-7-6-8-11-22)27(36)20-32(3)35(26)29(38)31-17-23-12-14-24(30)15-13-23/h6-8,10-15,21,25-26H,4-5,9,16-20H2,1-3H3,(H,31,38)/t21?,25-,26?/m0/s1. The van der Waals surface area contributed by atoms with Gasteiger partial charge in [-0.1, -0.05) is 69.2 Å². The molecule has 8 nitrogen and oxygen atoms in total. The van der Waals surface area contributed by atoms with Gasteiger partial charge in [-0.15, -0.1) is 0 Å². The number of hydrogen-bond donors (Lipinski definition) is 1. The molecule has 0 spiro atoms. The Morgan fingerprint density at radius 2 is 1.79 bits per heavy atom. The Bertz CT molecular complexity index is 1110. The number of rotatable bonds is 9. The third-order valence-electron chi connectivity index (χ3n) is 7.36. The van der Waals surface area contributed by atoms with E-state index in [9.17, 15) is 18.8 Å². The van der Waals surface area contributed by atoms with Crippen molar-refractivity contribution in [3.63, 3.8) is 0 Å². The van der Waals surface area contributed by atoms with Crippen LogP contribution in [0.4, 0.5) is 9.18 Å². The number of likely N-dealkylation sites (N-methyl/N-ethyl adjacent to an activating group) is 1. The van der Waals surface area contributed by atoms with Crippen molar-refractivity contribution in [2.24, 2.45) is 5.92 Å². The van der Waals surface area contributed by atoms with Crippen LogP contribution in [0.3, 0.4) is 0 Å². The third kappa shape index (κ3) is 6.32. The highest BCUT2D eigenvalue weighted by Crippen LogP contribution is 2.28. The molecule has 9 heteroatoms. The van der Waals surface area contributed by atoms with Crippen molar-refractivity contribution >= 4 is 17.8 Å². The zero-order valence-corrected chi connectivity index (χ0v) is 22.5. The van der Waals surface area contributed by atoms with E-state index in [1.165, 1.54) is 12.1 Å². The van der Waals surface area contributed by atoms with Gasteiger partial charge in [0, 0.05) is 26.6 Å². The fourth-order valence-corrected chi connectivity index (χ4v) is 5.39. The summed E-state index contributed by atoms with van der Waals surface area (Å²) in [5, 5.41) is 6.08. The van der Waals surface area contributed by atoms with Crippen molar-refractivity contribution in [3.05, 3.63) is 71.5 Å². The molecule has 0 radical (unpaired) electrons. The predicted molar refractivity (Wildman–Crippen MR) is 143 cm³/mol. The number of piperazine rings is 1. The number of hydrazine groups is 1. The Labute approximate surface area is 224 Å². The van der Waals surface area contributed by atoms with Gasteiger partial charge in [0.2, 0.25) is 11.8 Å². The van der Waals surface area contributed by atoms with Crippen LogP contribution in [0.1, 0.15) is 44.2 Å². The number of fused-ring (bicyclic) bond motifs is 1. The summed E-state index contributed by atoms with van der Waals surface area (Å²) in [4.78, 5) is 44.1. The van der Waals surface area contributed by atoms with Gasteiger partial charge in [-0.25, -0.2) is 19.2 Å². The van der Waals surface area contributed by atoms with Crippen molar-refractivity contribution in [1.82, 2.24) is 25.1 Å². The van der Waals surface area contributed by atoms with Gasteiger partial charge in [0.1, 0.15) is 18.0 Å². The molecule has 4 amide bonds. The van der Waals surface area contributed by atoms with Gasteiger partial charge in [0.25, 0.3) is 0 Å². The average molecular weight is 524 g/mol. The monoisotopic (exact) mass is 523 g/mol. The molecule has 2 heterocycles. The quantitative estimate of drug-likeness (QED) is 0.545. The first-order valence-electron chi connectivity index (χ1n) is 13.4. The fraction of sp³-hybridized carbons (Fsp3) is 0.483. The molecule has 0 saturated carbocycles. The average Bonchev–Trinajstić information content (AvgIpc) is 2.90. The van der Waals surface area contributed by atoms with Gasteiger partial charge in [-0.3, -0.25) is 9.59 Å². The molecular weight excluding hydrogens is 485 g/mol. The van der Waals surface area contributed by atoms with Crippen LogP contribution in [0.15, 0.2) is 54.6 Å². The summed E-state index contributed by atoms with van der Waals surface area (Å²) < 4.78 is 13.3. The number of nitrogens with one attached hydrogen (secondary N) is 1. The molecule has 2 aliphatic heterocycles. The highest BCUT2D eigenvalue weighted by atomic mass is 19.1. The van der Waals surface area contributed by atoms with Gasteiger partial charge < -0.3 is 15.1 Å². The van der Waals surface area contributed by atoms with Crippen molar-refractivity contribution in [2.75, 3.05) is 26.7 Å². The molecular formula is C29H38FN5O3. The summed E-state index contributed by atoms with van der Waals surface area (Å²) in [6.45, 7) is 5.34. The Morgan fingerprint density at radius 3 is 2.47 bits per heavy atom. The number of unbranched alkanes of at least 4 members (excludes halogenated alkanes) is 1. The Balaban J connectivity index is 1.60. The summed E-state index contributed by atoms with van der Waals surface area (Å²) in [5.74, 6) is -0.277. The first kappa shape index (κ1) is 27.6. The van der Waals surface area contributed by atoms with E-state index in [-0.39, 0.29) is 43.3 Å². The topological polar surface area (TPSA) is 76.2 Å². The zero-order valence-electron chi connectivity index (χ0n) is 22.5. The molecule has 204 valence electrons. The molecule has 2 aromatic carbocycles. The molecule has 2 unspecified atom stereocenters. The summed E-state index contributed by atoms with van der Waals surface area (Å²) >= 11 is 0. The molecule has 2 aliphatic rings. The maximum Gasteiger partial charge on any atom is 0.334 e. The maximum atomic E-state index is 13.8. The van der Waals surface area contributed by atoms with E-state index in [0.29, 0.717) is 18.9 Å². The minimum absolute atomic E-state index is 0.00800. The second-order valence-electron chi connectivity index (χ2n) is 10.4. The van der Waals surface area contributed by atoms with Crippen LogP contribution in [0, 0.1) is 11.7 Å². The summed E-state index contributed by atoms with van der Waals surface area (Å²) in [6.07, 6.45) is 2.95. The number of halogens is 1. The lowest BCUT2D eigenvalue weighted by molar-refractivity contribution is -0.187. The maximum absolute atomic E-state index is 13.8. The Morgan fingerprint density at radius 1 is 1.08 bits per heavy atom. The number of hydrogen-bond acceptors (Lipinski definition) is 4. The van der Waals surface area contributed by atoms with Crippen molar-refractivity contribution in [1.29, 1.82) is 0 Å². The second-order valence-corrected chi connectivity index (χ2v) is 10.4. The highest BCUT2D eigenvalue weighted by Gasteiger charge is 2.50. The molecule has 1 N–H and O–H groups in total. The summed E-state index contributed by atoms with van der Waals surface area (Å²) in [5.41, 5.74) is 1.73. The Hall–Kier alpha value is -3.46. The predicted octanol–water partition coefficient (Wildman–Crippen LogP) is 3.63. The molecule has 38 heavy (non-hydrogen) atoms. The number of benzene rings is 2. The van der Waals surface area contributed by atoms with Crippen molar-refractivity contribution in [3.8, 4) is 0 Å². The summed E-state index contributed by atoms with van der Waals surface area (Å²) in [7, 11) is 1.71. The number of carbonyl (C=O) groups excluding carboxylic acids is 3. The van der Waals surface area contributed by atoms with Gasteiger partial charge in [0.15, 0.2) is 0 Å². The highest BCUT2D eigenvalue weighted by molar-refractivity contribution is 5.91. The molecule has 0 aromatic heterocycles. The van der Waals surface area contributed by atoms with Crippen LogP contribution < -0.4 is 5.32 Å². The smallest absolute Gasteiger partial charge is 0.334 e. The van der Waals surface area contributed by atoms with Crippen LogP contribution in [0.2, 0.25) is 0 Å². The van der Waals surface area contributed by atoms with Crippen LogP contribution in [-0.4, -0.2) is 76.6 Å². The van der Waals surface area contributed by atoms with E-state index >= 15 is 0 Å². The third-order valence-corrected chi connectivity index (χ3v) is 7.36. The summed E-state index contributed by atoms with van der Waals surface area (Å²) in [6, 6.07) is 14.6. The molecule has 2 saturated heterocycles. The molecule has 3 atom stereocenters. The van der Waals surface area contributed by atoms with Crippen LogP contribution in [0.5, 0.6) is 0 Å². The van der Waals surface area contributed by atoms with E-state index in [0.717, 1.165) is 30.4 Å². The second kappa shape index (κ2) is 12.4. The lowest BCUT2D eigenvalue weighted by atomic mass is 9.97. The van der Waals surface area contributed by atoms with E-state index in [1.54, 1.807) is 34.1 Å². The fourth-order valence-electron chi connectivity index (χ4n) is 5.39. The number of urea groups is 1. The number of amides is 4. The largest absolute Gasteiger partial charge is 0.337 e. The molecule has 2 aromatic rings. The van der Waals surface area contributed by atoms with Crippen molar-refractivity contribution < 1.29 is 18.8 Å². The van der Waals surface area contributed by atoms with E-state index < -0.39 is 12.2 Å². The first-order valence-corrected chi connectivity index (χ1v) is 13.4. The van der Waals surface area contributed by atoms with Gasteiger partial charge in [-0.2, -0.15) is 0 Å². The minimum atomic E-state index is -0.692. The van der Waals surface area contributed by atoms with Crippen LogP contribution >= 0.6 is 0 Å². The molecule has 4 rings (SSSR count). The number of carbonyl (C=O) groups is 3. The molecule has 0 bridgehead atoms. The Kier molecular flexibility index (Phi) is 8.99. The van der Waals surface area contributed by atoms with Crippen LogP contribution in [-0.2, 0) is 22.6 Å². The lowest BCUT2D eigenvalue weighted by Crippen LogP contribution is -2.76. The van der Waals surface area contributed by atoms with E-state index in [4.69, 9.17) is 0 Å². The van der Waals surface area contributed by atoms with E-state index in [1.807, 2.05) is 35.2 Å². The SMILES string of the molecule is CCCCC(C)CN1CC2N(C(=O)CN(C)N2C(=O)NCc2ccc(F)cc2)[C@@H](Cc2ccccc2)C1=O. The van der Waals surface area contributed by atoms with Gasteiger partial charge in [0.05, 0.1) is 13.1 Å². The minimum Gasteiger partial charge on any atom is -0.337 e. The molecule has 0 aliphatic carbocycles. The lowest BCUT2D eigenvalue weighted by Gasteiger charge is -2.54. The first-order chi connectivity index (χ1) is 18.3. The van der Waals surface area contributed by atoms with Crippen molar-refractivity contribution in [2.45, 2.75) is 58.3 Å². The normalized spacial score (nSPS) is 20.9. The number of nitrogens with zero attached hydrogens (tertiary/aromatic N) is 4. The van der Waals surface area contributed by atoms with Gasteiger partial charge >= 0.3 is 6.03 Å². The van der Waals surface area contributed by atoms with E-state index in [2.05, 4.69) is 19.2 Å². The van der Waals surface area contributed by atoms with Gasteiger partial charge in [-0.05, 0) is 35.6 Å². The zero-order chi connectivity index (χ0) is 27.2.